The third kappa shape index (κ3) is 3.31. The molecule has 1 aliphatic carbocycles. The Hall–Kier alpha value is -0.880. The lowest BCUT2D eigenvalue weighted by molar-refractivity contribution is 0.0542. The molecule has 6 heteroatoms. The molecular weight excluding hydrogens is 306 g/mol. The second-order valence-electron chi connectivity index (χ2n) is 6.07. The van der Waals surface area contributed by atoms with Crippen molar-refractivity contribution in [3.05, 3.63) is 22.4 Å². The van der Waals surface area contributed by atoms with Crippen molar-refractivity contribution in [1.29, 1.82) is 0 Å². The first kappa shape index (κ1) is 15.0. The van der Waals surface area contributed by atoms with Crippen LogP contribution in [0.3, 0.4) is 0 Å². The summed E-state index contributed by atoms with van der Waals surface area (Å²) in [6.45, 7) is 0. The normalized spacial score (nSPS) is 25.8. The minimum absolute atomic E-state index is 0.0188. The molecule has 0 spiro atoms. The highest BCUT2D eigenvalue weighted by Crippen LogP contribution is 2.30. The van der Waals surface area contributed by atoms with Crippen LogP contribution in [0, 0.1) is 0 Å². The molecule has 1 aromatic rings. The van der Waals surface area contributed by atoms with Crippen molar-refractivity contribution >= 4 is 27.1 Å². The maximum atomic E-state index is 12.8. The highest BCUT2D eigenvalue weighted by atomic mass is 32.2. The smallest absolute Gasteiger partial charge is 0.255 e. The largest absolute Gasteiger partial charge is 0.332 e. The lowest BCUT2D eigenvalue weighted by Crippen LogP contribution is -2.48. The highest BCUT2D eigenvalue weighted by Gasteiger charge is 2.38. The van der Waals surface area contributed by atoms with Gasteiger partial charge in [0.15, 0.2) is 9.84 Å². The summed E-state index contributed by atoms with van der Waals surface area (Å²) in [5.41, 5.74) is 0.704. The van der Waals surface area contributed by atoms with Gasteiger partial charge in [-0.3, -0.25) is 4.79 Å². The van der Waals surface area contributed by atoms with Gasteiger partial charge in [-0.15, -0.1) is 0 Å². The van der Waals surface area contributed by atoms with Gasteiger partial charge in [-0.1, -0.05) is 19.3 Å². The third-order valence-electron chi connectivity index (χ3n) is 4.57. The van der Waals surface area contributed by atoms with Crippen LogP contribution in [0.15, 0.2) is 16.8 Å². The molecule has 0 aromatic carbocycles. The van der Waals surface area contributed by atoms with Crippen molar-refractivity contribution in [3.63, 3.8) is 0 Å². The van der Waals surface area contributed by atoms with Crippen molar-refractivity contribution in [2.75, 3.05) is 11.5 Å². The maximum absolute atomic E-state index is 12.8. The fourth-order valence-corrected chi connectivity index (χ4v) is 5.86. The van der Waals surface area contributed by atoms with Crippen LogP contribution >= 0.6 is 11.3 Å². The predicted molar refractivity (Wildman–Crippen MR) is 84.4 cm³/mol. The van der Waals surface area contributed by atoms with E-state index in [9.17, 15) is 13.2 Å². The van der Waals surface area contributed by atoms with E-state index in [1.807, 2.05) is 21.7 Å². The minimum Gasteiger partial charge on any atom is -0.332 e. The van der Waals surface area contributed by atoms with Crippen LogP contribution in [0.25, 0.3) is 0 Å². The molecule has 1 amide bonds. The van der Waals surface area contributed by atoms with Crippen molar-refractivity contribution in [2.45, 2.75) is 50.6 Å². The van der Waals surface area contributed by atoms with E-state index < -0.39 is 9.84 Å². The summed E-state index contributed by atoms with van der Waals surface area (Å²) in [4.78, 5) is 14.7. The van der Waals surface area contributed by atoms with Gasteiger partial charge < -0.3 is 4.90 Å². The fraction of sp³-hybridized carbons (Fsp3) is 0.667. The lowest BCUT2D eigenvalue weighted by Gasteiger charge is -2.38. The monoisotopic (exact) mass is 327 g/mol. The molecule has 2 fully saturated rings. The Labute approximate surface area is 130 Å². The molecule has 1 aliphatic heterocycles. The van der Waals surface area contributed by atoms with E-state index in [2.05, 4.69) is 0 Å². The standard InChI is InChI=1S/C15H21NO3S2/c17-15(12-6-8-20-10-12)16(13-4-2-1-3-5-13)14-7-9-21(18,19)11-14/h6,8,10,13-14H,1-5,7,9,11H2. The molecule has 4 nitrogen and oxygen atoms in total. The van der Waals surface area contributed by atoms with E-state index in [1.165, 1.54) is 17.8 Å². The van der Waals surface area contributed by atoms with Crippen LogP contribution < -0.4 is 0 Å². The molecule has 1 aromatic heterocycles. The Kier molecular flexibility index (Phi) is 4.36. The van der Waals surface area contributed by atoms with Gasteiger partial charge in [0.2, 0.25) is 0 Å². The van der Waals surface area contributed by atoms with Gasteiger partial charge >= 0.3 is 0 Å². The molecule has 3 rings (SSSR count). The average molecular weight is 327 g/mol. The highest BCUT2D eigenvalue weighted by molar-refractivity contribution is 7.91. The first-order valence-electron chi connectivity index (χ1n) is 7.62. The first-order chi connectivity index (χ1) is 10.1. The summed E-state index contributed by atoms with van der Waals surface area (Å²) in [7, 11) is -2.97. The maximum Gasteiger partial charge on any atom is 0.255 e. The minimum atomic E-state index is -2.97. The Bertz CT molecular complexity index is 588. The van der Waals surface area contributed by atoms with Gasteiger partial charge in [0.25, 0.3) is 5.91 Å². The zero-order valence-electron chi connectivity index (χ0n) is 12.0. The van der Waals surface area contributed by atoms with Crippen LogP contribution in [-0.4, -0.2) is 42.8 Å². The quantitative estimate of drug-likeness (QED) is 0.858. The zero-order valence-corrected chi connectivity index (χ0v) is 13.7. The molecule has 21 heavy (non-hydrogen) atoms. The number of rotatable bonds is 3. The van der Waals surface area contributed by atoms with Gasteiger partial charge in [0.05, 0.1) is 17.1 Å². The van der Waals surface area contributed by atoms with Gasteiger partial charge in [0.1, 0.15) is 0 Å². The van der Waals surface area contributed by atoms with Gasteiger partial charge in [-0.2, -0.15) is 11.3 Å². The Morgan fingerprint density at radius 2 is 1.90 bits per heavy atom. The Morgan fingerprint density at radius 1 is 1.14 bits per heavy atom. The van der Waals surface area contributed by atoms with E-state index in [-0.39, 0.29) is 29.5 Å². The molecule has 0 bridgehead atoms. The Morgan fingerprint density at radius 3 is 2.48 bits per heavy atom. The molecule has 0 radical (unpaired) electrons. The number of thiophene rings is 1. The zero-order chi connectivity index (χ0) is 14.9. The molecule has 1 unspecified atom stereocenters. The number of carbonyl (C=O) groups is 1. The number of amides is 1. The predicted octanol–water partition coefficient (Wildman–Crippen LogP) is 2.71. The van der Waals surface area contributed by atoms with Crippen LogP contribution in [-0.2, 0) is 9.84 Å². The number of hydrogen-bond acceptors (Lipinski definition) is 4. The summed E-state index contributed by atoms with van der Waals surface area (Å²) in [5.74, 6) is 0.377. The number of hydrogen-bond donors (Lipinski definition) is 0. The lowest BCUT2D eigenvalue weighted by atomic mass is 9.92. The van der Waals surface area contributed by atoms with Gasteiger partial charge in [-0.05, 0) is 30.7 Å². The summed E-state index contributed by atoms with van der Waals surface area (Å²) >= 11 is 1.51. The average Bonchev–Trinajstić information content (AvgIpc) is 3.10. The summed E-state index contributed by atoms with van der Waals surface area (Å²) in [5, 5.41) is 3.76. The summed E-state index contributed by atoms with van der Waals surface area (Å²) < 4.78 is 23.6. The second kappa shape index (κ2) is 6.08. The number of sulfone groups is 1. The van der Waals surface area contributed by atoms with Crippen molar-refractivity contribution in [3.8, 4) is 0 Å². The summed E-state index contributed by atoms with van der Waals surface area (Å²) in [6, 6.07) is 1.92. The van der Waals surface area contributed by atoms with E-state index in [4.69, 9.17) is 0 Å². The second-order valence-corrected chi connectivity index (χ2v) is 9.08. The fourth-order valence-electron chi connectivity index (χ4n) is 3.52. The van der Waals surface area contributed by atoms with Crippen LogP contribution in [0.4, 0.5) is 0 Å². The van der Waals surface area contributed by atoms with Crippen molar-refractivity contribution in [2.24, 2.45) is 0 Å². The molecule has 1 atom stereocenters. The molecule has 1 saturated heterocycles. The molecule has 2 aliphatic rings. The van der Waals surface area contributed by atoms with Crippen LogP contribution in [0.5, 0.6) is 0 Å². The van der Waals surface area contributed by atoms with E-state index in [0.717, 1.165) is 25.7 Å². The van der Waals surface area contributed by atoms with Gasteiger partial charge in [-0.25, -0.2) is 8.42 Å². The van der Waals surface area contributed by atoms with E-state index in [0.29, 0.717) is 12.0 Å². The number of carbonyl (C=O) groups excluding carboxylic acids is 1. The first-order valence-corrected chi connectivity index (χ1v) is 10.4. The topological polar surface area (TPSA) is 54.5 Å². The summed E-state index contributed by atoms with van der Waals surface area (Å²) in [6.07, 6.45) is 6.10. The third-order valence-corrected chi connectivity index (χ3v) is 7.01. The van der Waals surface area contributed by atoms with Crippen molar-refractivity contribution < 1.29 is 13.2 Å². The molecule has 1 saturated carbocycles. The van der Waals surface area contributed by atoms with Crippen LogP contribution in [0.2, 0.25) is 0 Å². The molecule has 2 heterocycles. The van der Waals surface area contributed by atoms with Gasteiger partial charge in [0, 0.05) is 17.5 Å². The Balaban J connectivity index is 1.85. The number of nitrogens with zero attached hydrogens (tertiary/aromatic N) is 1. The molecule has 116 valence electrons. The van der Waals surface area contributed by atoms with E-state index >= 15 is 0 Å². The molecule has 0 N–H and O–H groups in total. The molecular formula is C15H21NO3S2. The van der Waals surface area contributed by atoms with E-state index in [1.54, 1.807) is 0 Å². The SMILES string of the molecule is O=C(c1ccsc1)N(C1CCCCC1)C1CCS(=O)(=O)C1. The van der Waals surface area contributed by atoms with Crippen molar-refractivity contribution in [1.82, 2.24) is 4.90 Å². The van der Waals surface area contributed by atoms with Crippen LogP contribution in [0.1, 0.15) is 48.9 Å².